The Morgan fingerprint density at radius 2 is 2.21 bits per heavy atom. The van der Waals surface area contributed by atoms with Gasteiger partial charge >= 0.3 is 0 Å². The van der Waals surface area contributed by atoms with Crippen molar-refractivity contribution in [2.75, 3.05) is 11.9 Å². The molecule has 1 nitrogen and oxygen atoms in total. The monoisotopic (exact) mass is 193 g/mol. The van der Waals surface area contributed by atoms with E-state index in [-0.39, 0.29) is 5.82 Å². The van der Waals surface area contributed by atoms with Crippen LogP contribution in [0.15, 0.2) is 30.4 Å². The van der Waals surface area contributed by atoms with E-state index in [2.05, 4.69) is 11.9 Å². The minimum absolute atomic E-state index is 0.188. The Morgan fingerprint density at radius 1 is 1.50 bits per heavy atom. The molecule has 0 amide bonds. The van der Waals surface area contributed by atoms with Crippen LogP contribution < -0.4 is 5.32 Å². The maximum absolute atomic E-state index is 13.3. The second-order valence-corrected chi connectivity index (χ2v) is 3.57. The lowest BCUT2D eigenvalue weighted by Gasteiger charge is -2.10. The van der Waals surface area contributed by atoms with Crippen LogP contribution in [0, 0.1) is 12.7 Å². The lowest BCUT2D eigenvalue weighted by Crippen LogP contribution is -2.05. The molecule has 0 heterocycles. The minimum atomic E-state index is -0.188. The molecule has 0 bridgehead atoms. The number of hydrogen-bond acceptors (Lipinski definition) is 1. The summed E-state index contributed by atoms with van der Waals surface area (Å²) in [5.74, 6) is -0.188. The molecule has 0 atom stereocenters. The summed E-state index contributed by atoms with van der Waals surface area (Å²) in [6.07, 6.45) is 0.869. The normalized spacial score (nSPS) is 9.93. The van der Waals surface area contributed by atoms with E-state index in [9.17, 15) is 4.39 Å². The van der Waals surface area contributed by atoms with Crippen LogP contribution in [0.3, 0.4) is 0 Å². The number of para-hydroxylation sites is 1. The summed E-state index contributed by atoms with van der Waals surface area (Å²) in [7, 11) is 0. The largest absolute Gasteiger partial charge is 0.382 e. The molecule has 0 radical (unpaired) electrons. The van der Waals surface area contributed by atoms with Crippen molar-refractivity contribution in [2.45, 2.75) is 20.3 Å². The molecular formula is C12H16FN. The van der Waals surface area contributed by atoms with Gasteiger partial charge < -0.3 is 5.32 Å². The molecule has 0 aliphatic heterocycles. The first kappa shape index (κ1) is 10.8. The van der Waals surface area contributed by atoms with Gasteiger partial charge in [0, 0.05) is 6.54 Å². The van der Waals surface area contributed by atoms with Gasteiger partial charge in [-0.25, -0.2) is 4.39 Å². The molecule has 0 aromatic heterocycles. The smallest absolute Gasteiger partial charge is 0.146 e. The zero-order valence-corrected chi connectivity index (χ0v) is 8.73. The number of nitrogens with one attached hydrogen (secondary N) is 1. The van der Waals surface area contributed by atoms with E-state index in [0.717, 1.165) is 24.1 Å². The van der Waals surface area contributed by atoms with Gasteiger partial charge in [-0.05, 0) is 31.9 Å². The molecule has 0 saturated carbocycles. The molecule has 0 unspecified atom stereocenters. The van der Waals surface area contributed by atoms with E-state index in [1.165, 1.54) is 6.07 Å². The van der Waals surface area contributed by atoms with Crippen molar-refractivity contribution in [1.29, 1.82) is 0 Å². The Labute approximate surface area is 84.6 Å². The number of rotatable bonds is 4. The van der Waals surface area contributed by atoms with Gasteiger partial charge in [0.15, 0.2) is 0 Å². The van der Waals surface area contributed by atoms with E-state index >= 15 is 0 Å². The number of halogens is 1. The van der Waals surface area contributed by atoms with Gasteiger partial charge in [-0.15, -0.1) is 6.58 Å². The third kappa shape index (κ3) is 2.87. The van der Waals surface area contributed by atoms with Gasteiger partial charge in [-0.1, -0.05) is 17.7 Å². The van der Waals surface area contributed by atoms with Crippen molar-refractivity contribution < 1.29 is 4.39 Å². The highest BCUT2D eigenvalue weighted by Gasteiger charge is 2.03. The van der Waals surface area contributed by atoms with Crippen LogP contribution in [-0.4, -0.2) is 6.54 Å². The Bertz CT molecular complexity index is 311. The molecule has 0 spiro atoms. The molecule has 1 aromatic carbocycles. The average molecular weight is 193 g/mol. The van der Waals surface area contributed by atoms with Crippen molar-refractivity contribution in [3.8, 4) is 0 Å². The molecule has 2 heteroatoms. The summed E-state index contributed by atoms with van der Waals surface area (Å²) < 4.78 is 13.3. The Kier molecular flexibility index (Phi) is 3.69. The molecule has 76 valence electrons. The second kappa shape index (κ2) is 4.80. The first-order valence-electron chi connectivity index (χ1n) is 4.74. The quantitative estimate of drug-likeness (QED) is 0.721. The van der Waals surface area contributed by atoms with E-state index in [1.54, 1.807) is 6.07 Å². The standard InChI is InChI=1S/C12H16FN/c1-9(2)7-8-14-12-10(3)5-4-6-11(12)13/h4-6,14H,1,7-8H2,2-3H3. The molecule has 0 aliphatic carbocycles. The molecule has 1 aromatic rings. The van der Waals surface area contributed by atoms with E-state index in [4.69, 9.17) is 0 Å². The first-order valence-corrected chi connectivity index (χ1v) is 4.74. The van der Waals surface area contributed by atoms with Gasteiger partial charge in [-0.3, -0.25) is 0 Å². The van der Waals surface area contributed by atoms with Crippen molar-refractivity contribution >= 4 is 5.69 Å². The molecule has 0 fully saturated rings. The zero-order chi connectivity index (χ0) is 10.6. The fourth-order valence-corrected chi connectivity index (χ4v) is 1.26. The molecule has 1 rings (SSSR count). The summed E-state index contributed by atoms with van der Waals surface area (Å²) in [6.45, 7) is 8.39. The number of hydrogen-bond donors (Lipinski definition) is 1. The minimum Gasteiger partial charge on any atom is -0.382 e. The second-order valence-electron chi connectivity index (χ2n) is 3.57. The lowest BCUT2D eigenvalue weighted by molar-refractivity contribution is 0.629. The fourth-order valence-electron chi connectivity index (χ4n) is 1.26. The Morgan fingerprint density at radius 3 is 2.79 bits per heavy atom. The van der Waals surface area contributed by atoms with Crippen molar-refractivity contribution in [2.24, 2.45) is 0 Å². The average Bonchev–Trinajstić information content (AvgIpc) is 2.09. The van der Waals surface area contributed by atoms with Crippen LogP contribution in [0.1, 0.15) is 18.9 Å². The molecule has 1 N–H and O–H groups in total. The predicted molar refractivity (Wildman–Crippen MR) is 59.1 cm³/mol. The molecule has 14 heavy (non-hydrogen) atoms. The maximum Gasteiger partial charge on any atom is 0.146 e. The number of aryl methyl sites for hydroxylation is 1. The van der Waals surface area contributed by atoms with Crippen LogP contribution in [0.2, 0.25) is 0 Å². The van der Waals surface area contributed by atoms with Crippen LogP contribution in [0.25, 0.3) is 0 Å². The van der Waals surface area contributed by atoms with Crippen LogP contribution in [-0.2, 0) is 0 Å². The lowest BCUT2D eigenvalue weighted by atomic mass is 10.2. The molecule has 0 aliphatic rings. The predicted octanol–water partition coefficient (Wildman–Crippen LogP) is 3.51. The van der Waals surface area contributed by atoms with Crippen molar-refractivity contribution in [3.05, 3.63) is 41.7 Å². The summed E-state index contributed by atoms with van der Waals surface area (Å²) in [5.41, 5.74) is 2.65. The Hall–Kier alpha value is -1.31. The summed E-state index contributed by atoms with van der Waals surface area (Å²) >= 11 is 0. The van der Waals surface area contributed by atoms with Crippen LogP contribution in [0.4, 0.5) is 10.1 Å². The Balaban J connectivity index is 2.62. The summed E-state index contributed by atoms with van der Waals surface area (Å²) in [4.78, 5) is 0. The van der Waals surface area contributed by atoms with E-state index in [1.807, 2.05) is 19.9 Å². The third-order valence-corrected chi connectivity index (χ3v) is 2.08. The molecular weight excluding hydrogens is 177 g/mol. The van der Waals surface area contributed by atoms with Gasteiger partial charge in [0.25, 0.3) is 0 Å². The zero-order valence-electron chi connectivity index (χ0n) is 8.73. The first-order chi connectivity index (χ1) is 6.61. The van der Waals surface area contributed by atoms with Crippen LogP contribution >= 0.6 is 0 Å². The highest BCUT2D eigenvalue weighted by atomic mass is 19.1. The maximum atomic E-state index is 13.3. The van der Waals surface area contributed by atoms with Crippen LogP contribution in [0.5, 0.6) is 0 Å². The summed E-state index contributed by atoms with van der Waals surface area (Å²) in [6, 6.07) is 5.08. The SMILES string of the molecule is C=C(C)CCNc1c(C)cccc1F. The number of anilines is 1. The highest BCUT2D eigenvalue weighted by Crippen LogP contribution is 2.18. The van der Waals surface area contributed by atoms with Crippen molar-refractivity contribution in [3.63, 3.8) is 0 Å². The fraction of sp³-hybridized carbons (Fsp3) is 0.333. The molecule has 0 saturated heterocycles. The topological polar surface area (TPSA) is 12.0 Å². The van der Waals surface area contributed by atoms with Gasteiger partial charge in [0.05, 0.1) is 5.69 Å². The number of benzene rings is 1. The van der Waals surface area contributed by atoms with Crippen molar-refractivity contribution in [1.82, 2.24) is 0 Å². The van der Waals surface area contributed by atoms with E-state index < -0.39 is 0 Å². The highest BCUT2D eigenvalue weighted by molar-refractivity contribution is 5.51. The van der Waals surface area contributed by atoms with Gasteiger partial charge in [0.1, 0.15) is 5.82 Å². The van der Waals surface area contributed by atoms with Gasteiger partial charge in [-0.2, -0.15) is 0 Å². The third-order valence-electron chi connectivity index (χ3n) is 2.08. The van der Waals surface area contributed by atoms with E-state index in [0.29, 0.717) is 5.69 Å². The van der Waals surface area contributed by atoms with Gasteiger partial charge in [0.2, 0.25) is 0 Å². The summed E-state index contributed by atoms with van der Waals surface area (Å²) in [5, 5.41) is 3.08.